The van der Waals surface area contributed by atoms with Crippen LogP contribution in [0.3, 0.4) is 0 Å². The van der Waals surface area contributed by atoms with Gasteiger partial charge in [0.2, 0.25) is 0 Å². The topological polar surface area (TPSA) is 63.9 Å². The van der Waals surface area contributed by atoms with Crippen LogP contribution in [0.1, 0.15) is 33.9 Å². The molecule has 0 fully saturated rings. The summed E-state index contributed by atoms with van der Waals surface area (Å²) in [6.45, 7) is 4.33. The molecule has 1 aliphatic carbocycles. The summed E-state index contributed by atoms with van der Waals surface area (Å²) in [6, 6.07) is 11.9. The molecule has 1 aromatic carbocycles. The first-order valence-corrected chi connectivity index (χ1v) is 8.58. The van der Waals surface area contributed by atoms with E-state index in [1.54, 1.807) is 35.4 Å². The largest absolute Gasteiger partial charge is 0.328 e. The Bertz CT molecular complexity index is 935. The number of aromatic nitrogens is 4. The highest BCUT2D eigenvalue weighted by Gasteiger charge is 2.30. The second-order valence-corrected chi connectivity index (χ2v) is 6.24. The summed E-state index contributed by atoms with van der Waals surface area (Å²) < 4.78 is 1.54. The number of benzene rings is 1. The monoisotopic (exact) mass is 345 g/mol. The number of pyridine rings is 1. The van der Waals surface area contributed by atoms with Gasteiger partial charge in [-0.1, -0.05) is 30.3 Å². The summed E-state index contributed by atoms with van der Waals surface area (Å²) in [6.07, 6.45) is 8.32. The van der Waals surface area contributed by atoms with Crippen LogP contribution < -0.4 is 0 Å². The van der Waals surface area contributed by atoms with Crippen molar-refractivity contribution >= 4 is 5.91 Å². The van der Waals surface area contributed by atoms with Gasteiger partial charge in [0.1, 0.15) is 12.7 Å². The van der Waals surface area contributed by atoms with Gasteiger partial charge in [-0.15, -0.1) is 6.58 Å². The smallest absolute Gasteiger partial charge is 0.254 e. The Hall–Kier alpha value is -3.28. The van der Waals surface area contributed by atoms with Gasteiger partial charge in [0.05, 0.1) is 6.04 Å². The average molecular weight is 345 g/mol. The molecular formula is C20H19N5O. The molecule has 130 valence electrons. The lowest BCUT2D eigenvalue weighted by atomic mass is 10.1. The highest BCUT2D eigenvalue weighted by Crippen LogP contribution is 2.36. The predicted octanol–water partition coefficient (Wildman–Crippen LogP) is 2.98. The summed E-state index contributed by atoms with van der Waals surface area (Å²) in [4.78, 5) is 23.3. The molecular weight excluding hydrogens is 326 g/mol. The van der Waals surface area contributed by atoms with E-state index in [9.17, 15) is 4.79 Å². The van der Waals surface area contributed by atoms with Crippen LogP contribution in [0.15, 0.2) is 67.9 Å². The molecule has 0 saturated carbocycles. The Morgan fingerprint density at radius 1 is 1.35 bits per heavy atom. The molecule has 0 bridgehead atoms. The summed E-state index contributed by atoms with van der Waals surface area (Å²) in [5, 5.41) is 4.08. The third-order valence-electron chi connectivity index (χ3n) is 4.71. The maximum atomic E-state index is 13.3. The Kier molecular flexibility index (Phi) is 4.31. The van der Waals surface area contributed by atoms with Crippen molar-refractivity contribution in [1.29, 1.82) is 0 Å². The van der Waals surface area contributed by atoms with Crippen LogP contribution >= 0.6 is 0 Å². The van der Waals surface area contributed by atoms with Crippen LogP contribution in [0.5, 0.6) is 0 Å². The van der Waals surface area contributed by atoms with Gasteiger partial charge in [-0.05, 0) is 36.1 Å². The van der Waals surface area contributed by atoms with Gasteiger partial charge in [-0.25, -0.2) is 14.6 Å². The molecule has 2 heterocycles. The zero-order chi connectivity index (χ0) is 17.9. The highest BCUT2D eigenvalue weighted by molar-refractivity contribution is 5.95. The fraction of sp³-hybridized carbons (Fsp3) is 0.200. The second-order valence-electron chi connectivity index (χ2n) is 6.24. The molecule has 0 saturated heterocycles. The maximum absolute atomic E-state index is 13.3. The van der Waals surface area contributed by atoms with E-state index in [4.69, 9.17) is 0 Å². The van der Waals surface area contributed by atoms with Crippen molar-refractivity contribution < 1.29 is 4.79 Å². The number of rotatable bonds is 5. The zero-order valence-corrected chi connectivity index (χ0v) is 14.3. The fourth-order valence-corrected chi connectivity index (χ4v) is 3.52. The third kappa shape index (κ3) is 2.90. The van der Waals surface area contributed by atoms with E-state index in [0.29, 0.717) is 17.9 Å². The van der Waals surface area contributed by atoms with E-state index in [1.807, 2.05) is 17.0 Å². The van der Waals surface area contributed by atoms with Gasteiger partial charge < -0.3 is 4.90 Å². The minimum atomic E-state index is -0.0321. The number of hydrogen-bond donors (Lipinski definition) is 0. The lowest BCUT2D eigenvalue weighted by Gasteiger charge is -2.29. The molecule has 0 aliphatic heterocycles. The highest BCUT2D eigenvalue weighted by atomic mass is 16.2. The Morgan fingerprint density at radius 3 is 3.04 bits per heavy atom. The van der Waals surface area contributed by atoms with Crippen LogP contribution in [0.2, 0.25) is 0 Å². The number of fused-ring (bicyclic) bond motifs is 1. The van der Waals surface area contributed by atoms with E-state index in [0.717, 1.165) is 12.8 Å². The molecule has 26 heavy (non-hydrogen) atoms. The van der Waals surface area contributed by atoms with Crippen LogP contribution in [-0.4, -0.2) is 37.1 Å². The van der Waals surface area contributed by atoms with Gasteiger partial charge in [-0.2, -0.15) is 5.10 Å². The minimum absolute atomic E-state index is 0.0321. The first-order valence-electron chi connectivity index (χ1n) is 8.58. The predicted molar refractivity (Wildman–Crippen MR) is 97.9 cm³/mol. The standard InChI is InChI=1S/C20H19N5O/c1-2-11-24(18-8-7-15-5-3-4-6-17(15)18)20(26)16-9-10-22-19(12-16)25-14-21-13-23-25/h2-6,9-10,12-14,18H,1,7-8,11H2. The summed E-state index contributed by atoms with van der Waals surface area (Å²) in [5.41, 5.74) is 3.13. The molecule has 4 rings (SSSR count). The van der Waals surface area contributed by atoms with E-state index in [1.165, 1.54) is 17.5 Å². The van der Waals surface area contributed by atoms with Crippen LogP contribution in [-0.2, 0) is 6.42 Å². The zero-order valence-electron chi connectivity index (χ0n) is 14.3. The molecule has 1 unspecified atom stereocenters. The molecule has 0 N–H and O–H groups in total. The van der Waals surface area contributed by atoms with Crippen molar-refractivity contribution in [3.63, 3.8) is 0 Å². The first-order chi connectivity index (χ1) is 12.8. The molecule has 0 spiro atoms. The van der Waals surface area contributed by atoms with Crippen molar-refractivity contribution in [2.24, 2.45) is 0 Å². The van der Waals surface area contributed by atoms with E-state index < -0.39 is 0 Å². The lowest BCUT2D eigenvalue weighted by molar-refractivity contribution is 0.0701. The third-order valence-corrected chi connectivity index (χ3v) is 4.71. The van der Waals surface area contributed by atoms with Crippen LogP contribution in [0, 0.1) is 0 Å². The summed E-state index contributed by atoms with van der Waals surface area (Å²) in [7, 11) is 0. The van der Waals surface area contributed by atoms with Gasteiger partial charge in [-0.3, -0.25) is 4.79 Å². The van der Waals surface area contributed by atoms with Crippen molar-refractivity contribution in [1.82, 2.24) is 24.6 Å². The Balaban J connectivity index is 1.67. The number of carbonyl (C=O) groups is 1. The van der Waals surface area contributed by atoms with Crippen molar-refractivity contribution in [3.05, 3.63) is 84.6 Å². The van der Waals surface area contributed by atoms with Crippen LogP contribution in [0.25, 0.3) is 5.82 Å². The summed E-state index contributed by atoms with van der Waals surface area (Å²) >= 11 is 0. The van der Waals surface area contributed by atoms with Crippen molar-refractivity contribution in [3.8, 4) is 5.82 Å². The van der Waals surface area contributed by atoms with Crippen molar-refractivity contribution in [2.75, 3.05) is 6.54 Å². The molecule has 6 heteroatoms. The van der Waals surface area contributed by atoms with Crippen LogP contribution in [0.4, 0.5) is 0 Å². The van der Waals surface area contributed by atoms with E-state index in [2.05, 4.69) is 33.8 Å². The van der Waals surface area contributed by atoms with Gasteiger partial charge >= 0.3 is 0 Å². The number of aryl methyl sites for hydroxylation is 1. The molecule has 0 radical (unpaired) electrons. The Morgan fingerprint density at radius 2 is 2.23 bits per heavy atom. The van der Waals surface area contributed by atoms with Gasteiger partial charge in [0, 0.05) is 18.3 Å². The van der Waals surface area contributed by atoms with E-state index >= 15 is 0 Å². The summed E-state index contributed by atoms with van der Waals surface area (Å²) in [5.74, 6) is 0.536. The molecule has 3 aromatic rings. The second kappa shape index (κ2) is 6.92. The first kappa shape index (κ1) is 16.2. The molecule has 1 atom stereocenters. The molecule has 2 aromatic heterocycles. The maximum Gasteiger partial charge on any atom is 0.254 e. The molecule has 1 aliphatic rings. The number of nitrogens with zero attached hydrogens (tertiary/aromatic N) is 5. The SMILES string of the molecule is C=CCN(C(=O)c1ccnc(-n2cncn2)c1)C1CCc2ccccc21. The number of hydrogen-bond acceptors (Lipinski definition) is 4. The number of amides is 1. The lowest BCUT2D eigenvalue weighted by Crippen LogP contribution is -2.34. The molecule has 1 amide bonds. The Labute approximate surface area is 151 Å². The van der Waals surface area contributed by atoms with Crippen molar-refractivity contribution in [2.45, 2.75) is 18.9 Å². The molecule has 6 nitrogen and oxygen atoms in total. The quantitative estimate of drug-likeness (QED) is 0.667. The average Bonchev–Trinajstić information content (AvgIpc) is 3.36. The van der Waals surface area contributed by atoms with E-state index in [-0.39, 0.29) is 11.9 Å². The fourth-order valence-electron chi connectivity index (χ4n) is 3.52. The minimum Gasteiger partial charge on any atom is -0.328 e. The number of carbonyl (C=O) groups excluding carboxylic acids is 1. The van der Waals surface area contributed by atoms with Gasteiger partial charge in [0.25, 0.3) is 5.91 Å². The van der Waals surface area contributed by atoms with Gasteiger partial charge in [0.15, 0.2) is 5.82 Å². The normalized spacial score (nSPS) is 15.5.